The minimum absolute atomic E-state index is 0.232. The summed E-state index contributed by atoms with van der Waals surface area (Å²) in [6.45, 7) is 5.38. The van der Waals surface area contributed by atoms with Gasteiger partial charge in [0, 0.05) is 31.4 Å². The molecule has 4 rings (SSSR count). The molecule has 2 aromatic rings. The Morgan fingerprint density at radius 1 is 1.24 bits per heavy atom. The Kier molecular flexibility index (Phi) is 4.94. The van der Waals surface area contributed by atoms with Crippen molar-refractivity contribution in [2.75, 3.05) is 45.9 Å². The van der Waals surface area contributed by atoms with E-state index in [1.807, 2.05) is 23.2 Å². The molecule has 1 atom stereocenters. The molecule has 0 bridgehead atoms. The van der Waals surface area contributed by atoms with Crippen LogP contribution in [0, 0.1) is 5.92 Å². The molecule has 0 radical (unpaired) electrons. The summed E-state index contributed by atoms with van der Waals surface area (Å²) in [7, 11) is 0. The zero-order valence-corrected chi connectivity index (χ0v) is 14.5. The standard InChI is InChI=1S/C18H25N5O2/c24-18(13-21-6-1-2-7-21)22-9-10-25-14-15(12-22)11-16-3-4-17-19-5-8-23(17)20-16/h3-5,8,15H,1-2,6-7,9-14H2. The number of amides is 1. The second-order valence-electron chi connectivity index (χ2n) is 7.02. The van der Waals surface area contributed by atoms with Gasteiger partial charge in [0.1, 0.15) is 0 Å². The number of nitrogens with zero attached hydrogens (tertiary/aromatic N) is 5. The predicted octanol–water partition coefficient (Wildman–Crippen LogP) is 0.843. The summed E-state index contributed by atoms with van der Waals surface area (Å²) in [5.74, 6) is 0.508. The van der Waals surface area contributed by atoms with Crippen LogP contribution in [0.2, 0.25) is 0 Å². The summed E-state index contributed by atoms with van der Waals surface area (Å²) >= 11 is 0. The van der Waals surface area contributed by atoms with Gasteiger partial charge in [-0.1, -0.05) is 0 Å². The van der Waals surface area contributed by atoms with Gasteiger partial charge in [-0.15, -0.1) is 0 Å². The van der Waals surface area contributed by atoms with E-state index in [1.54, 1.807) is 10.7 Å². The van der Waals surface area contributed by atoms with Crippen LogP contribution in [-0.4, -0.2) is 76.2 Å². The van der Waals surface area contributed by atoms with E-state index in [0.717, 1.165) is 37.4 Å². The van der Waals surface area contributed by atoms with Crippen molar-refractivity contribution in [1.82, 2.24) is 24.4 Å². The summed E-state index contributed by atoms with van der Waals surface area (Å²) in [4.78, 5) is 21.1. The Morgan fingerprint density at radius 2 is 2.12 bits per heavy atom. The van der Waals surface area contributed by atoms with Crippen molar-refractivity contribution in [2.24, 2.45) is 5.92 Å². The molecule has 2 aliphatic heterocycles. The molecule has 0 aliphatic carbocycles. The Bertz CT molecular complexity index is 725. The number of carbonyl (C=O) groups excluding carboxylic acids is 1. The highest BCUT2D eigenvalue weighted by atomic mass is 16.5. The van der Waals surface area contributed by atoms with Crippen LogP contribution in [0.15, 0.2) is 24.5 Å². The largest absolute Gasteiger partial charge is 0.379 e. The summed E-state index contributed by atoms with van der Waals surface area (Å²) in [5, 5.41) is 4.60. The number of imidazole rings is 1. The lowest BCUT2D eigenvalue weighted by Crippen LogP contribution is -2.42. The maximum atomic E-state index is 12.6. The van der Waals surface area contributed by atoms with Crippen molar-refractivity contribution < 1.29 is 9.53 Å². The quantitative estimate of drug-likeness (QED) is 0.823. The van der Waals surface area contributed by atoms with Crippen LogP contribution in [0.3, 0.4) is 0 Å². The number of fused-ring (bicyclic) bond motifs is 1. The first-order valence-corrected chi connectivity index (χ1v) is 9.15. The van der Waals surface area contributed by atoms with Crippen molar-refractivity contribution in [3.05, 3.63) is 30.2 Å². The first kappa shape index (κ1) is 16.5. The molecule has 7 heteroatoms. The number of aromatic nitrogens is 3. The summed E-state index contributed by atoms with van der Waals surface area (Å²) in [5.41, 5.74) is 1.86. The van der Waals surface area contributed by atoms with E-state index in [-0.39, 0.29) is 11.8 Å². The van der Waals surface area contributed by atoms with Crippen molar-refractivity contribution in [2.45, 2.75) is 19.3 Å². The number of likely N-dealkylation sites (tertiary alicyclic amines) is 1. The number of hydrogen-bond donors (Lipinski definition) is 0. The molecule has 0 aromatic carbocycles. The molecule has 0 saturated carbocycles. The third-order valence-corrected chi connectivity index (χ3v) is 5.06. The Labute approximate surface area is 147 Å². The van der Waals surface area contributed by atoms with Gasteiger partial charge in [-0.25, -0.2) is 9.50 Å². The molecular formula is C18H25N5O2. The van der Waals surface area contributed by atoms with Gasteiger partial charge in [-0.05, 0) is 44.5 Å². The third-order valence-electron chi connectivity index (χ3n) is 5.06. The molecule has 0 N–H and O–H groups in total. The molecule has 2 fully saturated rings. The van der Waals surface area contributed by atoms with Crippen LogP contribution in [0.5, 0.6) is 0 Å². The smallest absolute Gasteiger partial charge is 0.236 e. The zero-order valence-electron chi connectivity index (χ0n) is 14.5. The molecule has 0 spiro atoms. The fraction of sp³-hybridized carbons (Fsp3) is 0.611. The zero-order chi connectivity index (χ0) is 17.1. The van der Waals surface area contributed by atoms with Gasteiger partial charge in [0.2, 0.25) is 5.91 Å². The topological polar surface area (TPSA) is 63.0 Å². The first-order chi connectivity index (χ1) is 12.3. The Morgan fingerprint density at radius 3 is 3.00 bits per heavy atom. The lowest BCUT2D eigenvalue weighted by atomic mass is 10.0. The molecule has 1 unspecified atom stereocenters. The van der Waals surface area contributed by atoms with Crippen molar-refractivity contribution >= 4 is 11.6 Å². The lowest BCUT2D eigenvalue weighted by molar-refractivity contribution is -0.132. The molecular weight excluding hydrogens is 318 g/mol. The maximum absolute atomic E-state index is 12.6. The average molecular weight is 343 g/mol. The van der Waals surface area contributed by atoms with Crippen LogP contribution in [0.25, 0.3) is 5.65 Å². The molecule has 7 nitrogen and oxygen atoms in total. The molecule has 25 heavy (non-hydrogen) atoms. The molecule has 2 aromatic heterocycles. The summed E-state index contributed by atoms with van der Waals surface area (Å²) in [6.07, 6.45) is 6.83. The summed E-state index contributed by atoms with van der Waals surface area (Å²) < 4.78 is 7.54. The van der Waals surface area contributed by atoms with Crippen molar-refractivity contribution in [3.63, 3.8) is 0 Å². The van der Waals surface area contributed by atoms with Crippen LogP contribution < -0.4 is 0 Å². The third kappa shape index (κ3) is 3.99. The number of hydrogen-bond acceptors (Lipinski definition) is 5. The van der Waals surface area contributed by atoms with Crippen LogP contribution in [0.1, 0.15) is 18.5 Å². The van der Waals surface area contributed by atoms with Gasteiger partial charge >= 0.3 is 0 Å². The Hall–Kier alpha value is -1.99. The second-order valence-corrected chi connectivity index (χ2v) is 7.02. The number of ether oxygens (including phenoxy) is 1. The Balaban J connectivity index is 1.39. The van der Waals surface area contributed by atoms with Gasteiger partial charge in [0.05, 0.1) is 25.5 Å². The normalized spacial score (nSPS) is 22.4. The van der Waals surface area contributed by atoms with Crippen molar-refractivity contribution in [3.8, 4) is 0 Å². The lowest BCUT2D eigenvalue weighted by Gasteiger charge is -2.25. The van der Waals surface area contributed by atoms with E-state index in [0.29, 0.717) is 26.3 Å². The number of carbonyl (C=O) groups is 1. The molecule has 134 valence electrons. The highest BCUT2D eigenvalue weighted by Crippen LogP contribution is 2.15. The van der Waals surface area contributed by atoms with Crippen molar-refractivity contribution in [1.29, 1.82) is 0 Å². The van der Waals surface area contributed by atoms with Gasteiger partial charge in [-0.3, -0.25) is 9.69 Å². The molecule has 2 saturated heterocycles. The molecule has 4 heterocycles. The van der Waals surface area contributed by atoms with Crippen LogP contribution >= 0.6 is 0 Å². The van der Waals surface area contributed by atoms with E-state index in [2.05, 4.69) is 15.0 Å². The van der Waals surface area contributed by atoms with Crippen LogP contribution in [-0.2, 0) is 16.0 Å². The van der Waals surface area contributed by atoms with Crippen LogP contribution in [0.4, 0.5) is 0 Å². The first-order valence-electron chi connectivity index (χ1n) is 9.15. The fourth-order valence-electron chi connectivity index (χ4n) is 3.72. The minimum atomic E-state index is 0.232. The van der Waals surface area contributed by atoms with Gasteiger partial charge in [-0.2, -0.15) is 5.10 Å². The van der Waals surface area contributed by atoms with Gasteiger partial charge < -0.3 is 9.64 Å². The highest BCUT2D eigenvalue weighted by Gasteiger charge is 2.25. The average Bonchev–Trinajstić information content (AvgIpc) is 3.23. The monoisotopic (exact) mass is 343 g/mol. The molecule has 2 aliphatic rings. The van der Waals surface area contributed by atoms with Gasteiger partial charge in [0.25, 0.3) is 0 Å². The maximum Gasteiger partial charge on any atom is 0.236 e. The van der Waals surface area contributed by atoms with E-state index in [4.69, 9.17) is 4.74 Å². The van der Waals surface area contributed by atoms with E-state index >= 15 is 0 Å². The SMILES string of the molecule is O=C(CN1CCCC1)N1CCOCC(Cc2ccc3nccn3n2)C1. The fourth-order valence-corrected chi connectivity index (χ4v) is 3.72. The molecule has 1 amide bonds. The predicted molar refractivity (Wildman–Crippen MR) is 93.3 cm³/mol. The highest BCUT2D eigenvalue weighted by molar-refractivity contribution is 5.78. The number of rotatable bonds is 4. The van der Waals surface area contributed by atoms with Gasteiger partial charge in [0.15, 0.2) is 5.65 Å². The minimum Gasteiger partial charge on any atom is -0.379 e. The second kappa shape index (κ2) is 7.49. The van der Waals surface area contributed by atoms with E-state index < -0.39 is 0 Å². The summed E-state index contributed by atoms with van der Waals surface area (Å²) in [6, 6.07) is 4.00. The van der Waals surface area contributed by atoms with E-state index in [9.17, 15) is 4.79 Å². The van der Waals surface area contributed by atoms with E-state index in [1.165, 1.54) is 12.8 Å².